The number of ketones is 1. The van der Waals surface area contributed by atoms with E-state index in [0.717, 1.165) is 37.5 Å². The molecule has 2 nitrogen and oxygen atoms in total. The van der Waals surface area contributed by atoms with E-state index in [-0.39, 0.29) is 11.5 Å². The fourth-order valence-electron chi connectivity index (χ4n) is 7.11. The Morgan fingerprint density at radius 1 is 1.14 bits per heavy atom. The first-order chi connectivity index (χ1) is 10.4. The summed E-state index contributed by atoms with van der Waals surface area (Å²) in [6.07, 6.45) is 8.22. The molecule has 0 aromatic heterocycles. The summed E-state index contributed by atoms with van der Waals surface area (Å²) in [6.45, 7) is 7.16. The fourth-order valence-corrected chi connectivity index (χ4v) is 7.11. The molecule has 3 unspecified atom stereocenters. The molecule has 8 atom stereocenters. The lowest BCUT2D eigenvalue weighted by atomic mass is 9.47. The van der Waals surface area contributed by atoms with Crippen molar-refractivity contribution < 1.29 is 9.90 Å². The zero-order valence-corrected chi connectivity index (χ0v) is 14.2. The van der Waals surface area contributed by atoms with Crippen molar-refractivity contribution in [2.75, 3.05) is 0 Å². The summed E-state index contributed by atoms with van der Waals surface area (Å²) in [7, 11) is 0. The van der Waals surface area contributed by atoms with Gasteiger partial charge in [0, 0.05) is 6.42 Å². The summed E-state index contributed by atoms with van der Waals surface area (Å²) >= 11 is 0. The lowest BCUT2D eigenvalue weighted by molar-refractivity contribution is -0.118. The zero-order chi connectivity index (χ0) is 15.6. The van der Waals surface area contributed by atoms with E-state index in [1.54, 1.807) is 0 Å². The van der Waals surface area contributed by atoms with Crippen LogP contribution in [0.4, 0.5) is 0 Å². The number of hydrogen-bond acceptors (Lipinski definition) is 2. The third-order valence-corrected chi connectivity index (χ3v) is 7.89. The van der Waals surface area contributed by atoms with Crippen molar-refractivity contribution in [2.45, 2.75) is 65.4 Å². The van der Waals surface area contributed by atoms with Crippen LogP contribution in [0.1, 0.15) is 59.3 Å². The maximum atomic E-state index is 11.8. The number of rotatable bonds is 0. The van der Waals surface area contributed by atoms with Gasteiger partial charge in [0.1, 0.15) is 0 Å². The van der Waals surface area contributed by atoms with Crippen LogP contribution in [0.3, 0.4) is 0 Å². The highest BCUT2D eigenvalue weighted by Crippen LogP contribution is 2.64. The topological polar surface area (TPSA) is 37.3 Å². The molecule has 2 heteroatoms. The van der Waals surface area contributed by atoms with Crippen LogP contribution >= 0.6 is 0 Å². The van der Waals surface area contributed by atoms with Crippen molar-refractivity contribution in [1.82, 2.24) is 0 Å². The van der Waals surface area contributed by atoms with Gasteiger partial charge in [-0.15, -0.1) is 0 Å². The molecule has 0 heterocycles. The summed E-state index contributed by atoms with van der Waals surface area (Å²) < 4.78 is 0. The average molecular weight is 302 g/mol. The normalized spacial score (nSPS) is 54.3. The monoisotopic (exact) mass is 302 g/mol. The van der Waals surface area contributed by atoms with E-state index < -0.39 is 0 Å². The second-order valence-electron chi connectivity index (χ2n) is 9.05. The van der Waals surface area contributed by atoms with Gasteiger partial charge in [-0.25, -0.2) is 0 Å². The molecule has 0 bridgehead atoms. The Morgan fingerprint density at radius 3 is 2.68 bits per heavy atom. The number of carbonyl (C=O) groups excluding carboxylic acids is 1. The minimum Gasteiger partial charge on any atom is -0.393 e. The lowest BCUT2D eigenvalue weighted by Gasteiger charge is -2.58. The van der Waals surface area contributed by atoms with Crippen molar-refractivity contribution in [2.24, 2.45) is 40.9 Å². The number of aliphatic hydroxyl groups excluding tert-OH is 1. The summed E-state index contributed by atoms with van der Waals surface area (Å²) in [5, 5.41) is 10.6. The highest BCUT2D eigenvalue weighted by Gasteiger charge is 2.59. The number of fused-ring (bicyclic) bond motifs is 5. The van der Waals surface area contributed by atoms with Gasteiger partial charge in [-0.2, -0.15) is 0 Å². The minimum absolute atomic E-state index is 0.0991. The molecule has 0 amide bonds. The van der Waals surface area contributed by atoms with Gasteiger partial charge < -0.3 is 5.11 Å². The van der Waals surface area contributed by atoms with E-state index in [1.165, 1.54) is 18.4 Å². The first-order valence-corrected chi connectivity index (χ1v) is 9.33. The molecule has 4 aliphatic carbocycles. The van der Waals surface area contributed by atoms with Crippen LogP contribution in [-0.2, 0) is 4.79 Å². The molecule has 0 spiro atoms. The van der Waals surface area contributed by atoms with E-state index in [4.69, 9.17) is 0 Å². The van der Waals surface area contributed by atoms with E-state index in [9.17, 15) is 9.90 Å². The summed E-state index contributed by atoms with van der Waals surface area (Å²) in [5.74, 6) is 4.52. The van der Waals surface area contributed by atoms with Crippen molar-refractivity contribution in [1.29, 1.82) is 0 Å². The Hall–Kier alpha value is -0.630. The molecule has 3 fully saturated rings. The van der Waals surface area contributed by atoms with Crippen molar-refractivity contribution in [3.8, 4) is 0 Å². The van der Waals surface area contributed by atoms with Crippen molar-refractivity contribution in [3.63, 3.8) is 0 Å². The largest absolute Gasteiger partial charge is 0.393 e. The maximum absolute atomic E-state index is 11.8. The zero-order valence-electron chi connectivity index (χ0n) is 14.2. The molecule has 0 aromatic carbocycles. The van der Waals surface area contributed by atoms with Gasteiger partial charge >= 0.3 is 0 Å². The SMILES string of the molecule is CC1CC2=CC(=O)CC[C@@H]2[C@H]2C(C)C[C@]3(C)C(O)CC[C@H]3[C@H]12. The number of hydrogen-bond donors (Lipinski definition) is 1. The van der Waals surface area contributed by atoms with Crippen LogP contribution in [0.2, 0.25) is 0 Å². The van der Waals surface area contributed by atoms with Crippen LogP contribution in [0, 0.1) is 40.9 Å². The molecule has 3 saturated carbocycles. The van der Waals surface area contributed by atoms with Crippen LogP contribution in [0.5, 0.6) is 0 Å². The highest BCUT2D eigenvalue weighted by atomic mass is 16.3. The Balaban J connectivity index is 1.73. The van der Waals surface area contributed by atoms with E-state index in [0.29, 0.717) is 29.5 Å². The Labute approximate surface area is 134 Å². The lowest BCUT2D eigenvalue weighted by Crippen LogP contribution is -2.53. The number of allylic oxidation sites excluding steroid dienone is 1. The van der Waals surface area contributed by atoms with Gasteiger partial charge in [0.2, 0.25) is 0 Å². The first-order valence-electron chi connectivity index (χ1n) is 9.33. The summed E-state index contributed by atoms with van der Waals surface area (Å²) in [4.78, 5) is 11.8. The van der Waals surface area contributed by atoms with Crippen molar-refractivity contribution in [3.05, 3.63) is 11.6 Å². The molecule has 122 valence electrons. The van der Waals surface area contributed by atoms with Crippen LogP contribution < -0.4 is 0 Å². The maximum Gasteiger partial charge on any atom is 0.155 e. The predicted molar refractivity (Wildman–Crippen MR) is 87.2 cm³/mol. The van der Waals surface area contributed by atoms with Gasteiger partial charge in [0.15, 0.2) is 5.78 Å². The Morgan fingerprint density at radius 2 is 1.91 bits per heavy atom. The van der Waals surface area contributed by atoms with Gasteiger partial charge in [-0.05, 0) is 79.1 Å². The molecule has 4 rings (SSSR count). The quantitative estimate of drug-likeness (QED) is 0.735. The fraction of sp³-hybridized carbons (Fsp3) is 0.850. The molecule has 0 aliphatic heterocycles. The second kappa shape index (κ2) is 4.93. The molecular formula is C20H30O2. The van der Waals surface area contributed by atoms with Gasteiger partial charge in [-0.1, -0.05) is 26.3 Å². The Kier molecular flexibility index (Phi) is 3.35. The van der Waals surface area contributed by atoms with Gasteiger partial charge in [0.25, 0.3) is 0 Å². The average Bonchev–Trinajstić information content (AvgIpc) is 2.74. The van der Waals surface area contributed by atoms with E-state index in [1.807, 2.05) is 6.08 Å². The van der Waals surface area contributed by atoms with Crippen LogP contribution in [-0.4, -0.2) is 17.0 Å². The third kappa shape index (κ3) is 1.92. The van der Waals surface area contributed by atoms with Crippen LogP contribution in [0.15, 0.2) is 11.6 Å². The number of carbonyl (C=O) groups is 1. The van der Waals surface area contributed by atoms with Crippen molar-refractivity contribution >= 4 is 5.78 Å². The molecule has 1 N–H and O–H groups in total. The smallest absolute Gasteiger partial charge is 0.155 e. The third-order valence-electron chi connectivity index (χ3n) is 7.89. The molecule has 0 radical (unpaired) electrons. The van der Waals surface area contributed by atoms with Gasteiger partial charge in [-0.3, -0.25) is 4.79 Å². The summed E-state index contributed by atoms with van der Waals surface area (Å²) in [5.41, 5.74) is 1.60. The molecule has 0 saturated heterocycles. The van der Waals surface area contributed by atoms with Gasteiger partial charge in [0.05, 0.1) is 6.10 Å². The Bertz CT molecular complexity index is 522. The first kappa shape index (κ1) is 14.9. The second-order valence-corrected chi connectivity index (χ2v) is 9.05. The van der Waals surface area contributed by atoms with E-state index in [2.05, 4.69) is 20.8 Å². The standard InChI is InChI=1S/C20H30O2/c1-11-8-13-9-14(21)4-5-15(13)18-12(2)10-20(3)16(19(11)18)6-7-17(20)22/h9,11-12,15-19,22H,4-8,10H2,1-3H3/t11?,12?,15-,16-,17?,18+,19-,20-/m0/s1. The van der Waals surface area contributed by atoms with Crippen LogP contribution in [0.25, 0.3) is 0 Å². The highest BCUT2D eigenvalue weighted by molar-refractivity contribution is 5.91. The molecule has 0 aromatic rings. The summed E-state index contributed by atoms with van der Waals surface area (Å²) in [6, 6.07) is 0. The molecule has 4 aliphatic rings. The number of aliphatic hydroxyl groups is 1. The van der Waals surface area contributed by atoms with E-state index >= 15 is 0 Å². The molecule has 22 heavy (non-hydrogen) atoms. The predicted octanol–water partition coefficient (Wildman–Crippen LogP) is 3.98. The molecular weight excluding hydrogens is 272 g/mol. The minimum atomic E-state index is -0.0991.